The predicted octanol–water partition coefficient (Wildman–Crippen LogP) is 2.70. The summed E-state index contributed by atoms with van der Waals surface area (Å²) in [4.78, 5) is 6.92. The van der Waals surface area contributed by atoms with E-state index in [1.165, 1.54) is 16.7 Å². The molecule has 2 aromatic rings. The van der Waals surface area contributed by atoms with Crippen LogP contribution in [0.15, 0.2) is 41.7 Å². The number of aromatic nitrogens is 2. The van der Waals surface area contributed by atoms with E-state index in [0.717, 1.165) is 19.0 Å². The third-order valence-electron chi connectivity index (χ3n) is 4.21. The number of hydrogen-bond donors (Lipinski definition) is 2. The fraction of sp³-hybridized carbons (Fsp3) is 0.474. The van der Waals surface area contributed by atoms with Gasteiger partial charge in [-0.3, -0.25) is 4.68 Å². The van der Waals surface area contributed by atoms with Gasteiger partial charge < -0.3 is 15.5 Å². The highest BCUT2D eigenvalue weighted by Crippen LogP contribution is 2.16. The van der Waals surface area contributed by atoms with Gasteiger partial charge in [-0.15, -0.1) is 24.0 Å². The van der Waals surface area contributed by atoms with Crippen molar-refractivity contribution in [3.63, 3.8) is 0 Å². The first-order chi connectivity index (χ1) is 12.0. The van der Waals surface area contributed by atoms with Crippen molar-refractivity contribution >= 4 is 29.9 Å². The lowest BCUT2D eigenvalue weighted by atomic mass is 10.1. The van der Waals surface area contributed by atoms with Gasteiger partial charge in [0, 0.05) is 31.9 Å². The molecule has 0 aliphatic rings. The molecule has 144 valence electrons. The van der Waals surface area contributed by atoms with Crippen molar-refractivity contribution in [2.24, 2.45) is 12.0 Å². The van der Waals surface area contributed by atoms with Gasteiger partial charge in [-0.2, -0.15) is 5.10 Å². The summed E-state index contributed by atoms with van der Waals surface area (Å²) in [6, 6.07) is 8.59. The van der Waals surface area contributed by atoms with Crippen molar-refractivity contribution in [3.05, 3.63) is 53.3 Å². The standard InChI is InChI=1S/C19H30N6.HI/c1-6-20-19(21-11-16-10-8-7-9-15(16)2)22-13-18(24(3)4)17-12-23-25(5)14-17;/h7-10,12,14,18H,6,11,13H2,1-5H3,(H2,20,21,22);1H. The summed E-state index contributed by atoms with van der Waals surface area (Å²) in [6.45, 7) is 6.46. The van der Waals surface area contributed by atoms with Gasteiger partial charge in [0.25, 0.3) is 0 Å². The summed E-state index contributed by atoms with van der Waals surface area (Å²) in [5, 5.41) is 11.1. The lowest BCUT2D eigenvalue weighted by Crippen LogP contribution is -2.41. The van der Waals surface area contributed by atoms with Gasteiger partial charge in [0.1, 0.15) is 0 Å². The molecule has 1 heterocycles. The fourth-order valence-corrected chi connectivity index (χ4v) is 2.70. The van der Waals surface area contributed by atoms with Crippen LogP contribution in [0.2, 0.25) is 0 Å². The van der Waals surface area contributed by atoms with Gasteiger partial charge in [0.2, 0.25) is 0 Å². The van der Waals surface area contributed by atoms with E-state index in [1.807, 2.05) is 17.9 Å². The van der Waals surface area contributed by atoms with Gasteiger partial charge >= 0.3 is 0 Å². The highest BCUT2D eigenvalue weighted by atomic mass is 127. The third-order valence-corrected chi connectivity index (χ3v) is 4.21. The molecule has 1 atom stereocenters. The maximum absolute atomic E-state index is 4.73. The van der Waals surface area contributed by atoms with Crippen molar-refractivity contribution in [2.75, 3.05) is 27.2 Å². The monoisotopic (exact) mass is 470 g/mol. The first-order valence-electron chi connectivity index (χ1n) is 8.73. The van der Waals surface area contributed by atoms with Crippen LogP contribution in [0, 0.1) is 6.92 Å². The number of aryl methyl sites for hydroxylation is 2. The SMILES string of the molecule is CCNC(=NCc1ccccc1C)NCC(c1cnn(C)c1)N(C)C.I. The van der Waals surface area contributed by atoms with Crippen LogP contribution in [0.3, 0.4) is 0 Å². The molecule has 1 aromatic carbocycles. The smallest absolute Gasteiger partial charge is 0.191 e. The van der Waals surface area contributed by atoms with E-state index in [0.29, 0.717) is 6.54 Å². The largest absolute Gasteiger partial charge is 0.357 e. The third kappa shape index (κ3) is 6.60. The van der Waals surface area contributed by atoms with Crippen LogP contribution in [-0.4, -0.2) is 47.8 Å². The van der Waals surface area contributed by atoms with Crippen LogP contribution in [0.1, 0.15) is 29.7 Å². The molecular formula is C19H31IN6. The molecule has 1 aromatic heterocycles. The van der Waals surface area contributed by atoms with Crippen LogP contribution >= 0.6 is 24.0 Å². The predicted molar refractivity (Wildman–Crippen MR) is 119 cm³/mol. The van der Waals surface area contributed by atoms with Crippen molar-refractivity contribution in [1.82, 2.24) is 25.3 Å². The number of nitrogens with zero attached hydrogens (tertiary/aromatic N) is 4. The second kappa shape index (κ2) is 11.2. The Morgan fingerprint density at radius 1 is 1.27 bits per heavy atom. The number of hydrogen-bond acceptors (Lipinski definition) is 3. The Labute approximate surface area is 174 Å². The number of guanidine groups is 1. The van der Waals surface area contributed by atoms with Crippen LogP contribution in [0.25, 0.3) is 0 Å². The van der Waals surface area contributed by atoms with Crippen LogP contribution < -0.4 is 10.6 Å². The summed E-state index contributed by atoms with van der Waals surface area (Å²) >= 11 is 0. The molecule has 0 aliphatic heterocycles. The van der Waals surface area contributed by atoms with Crippen molar-refractivity contribution in [1.29, 1.82) is 0 Å². The summed E-state index contributed by atoms with van der Waals surface area (Å²) in [5.74, 6) is 0.835. The Bertz CT molecular complexity index is 695. The van der Waals surface area contributed by atoms with E-state index < -0.39 is 0 Å². The molecule has 7 heteroatoms. The van der Waals surface area contributed by atoms with Gasteiger partial charge in [-0.1, -0.05) is 24.3 Å². The number of aliphatic imine (C=N–C) groups is 1. The van der Waals surface area contributed by atoms with Crippen LogP contribution in [0.4, 0.5) is 0 Å². The summed E-state index contributed by atoms with van der Waals surface area (Å²) in [5.41, 5.74) is 3.70. The highest BCUT2D eigenvalue weighted by molar-refractivity contribution is 14.0. The summed E-state index contributed by atoms with van der Waals surface area (Å²) < 4.78 is 1.84. The molecule has 0 aliphatic carbocycles. The molecule has 6 nitrogen and oxygen atoms in total. The Hall–Kier alpha value is -1.61. The average Bonchev–Trinajstić information content (AvgIpc) is 2.99. The minimum absolute atomic E-state index is 0. The molecule has 0 radical (unpaired) electrons. The van der Waals surface area contributed by atoms with E-state index in [-0.39, 0.29) is 30.0 Å². The molecule has 0 saturated carbocycles. The van der Waals surface area contributed by atoms with E-state index >= 15 is 0 Å². The molecule has 0 bridgehead atoms. The number of likely N-dealkylation sites (N-methyl/N-ethyl adjacent to an activating group) is 1. The van der Waals surface area contributed by atoms with Crippen LogP contribution in [0.5, 0.6) is 0 Å². The number of halogens is 1. The zero-order valence-electron chi connectivity index (χ0n) is 16.4. The topological polar surface area (TPSA) is 57.5 Å². The van der Waals surface area contributed by atoms with Gasteiger partial charge in [-0.25, -0.2) is 4.99 Å². The number of rotatable bonds is 7. The Balaban J connectivity index is 0.00000338. The second-order valence-corrected chi connectivity index (χ2v) is 6.43. The maximum Gasteiger partial charge on any atom is 0.191 e. The second-order valence-electron chi connectivity index (χ2n) is 6.43. The van der Waals surface area contributed by atoms with Gasteiger partial charge in [-0.05, 0) is 39.1 Å². The molecule has 0 fully saturated rings. The van der Waals surface area contributed by atoms with Crippen molar-refractivity contribution < 1.29 is 0 Å². The Morgan fingerprint density at radius 2 is 2.00 bits per heavy atom. The Morgan fingerprint density at radius 3 is 2.58 bits per heavy atom. The molecule has 0 saturated heterocycles. The van der Waals surface area contributed by atoms with Crippen LogP contribution in [-0.2, 0) is 13.6 Å². The number of nitrogens with one attached hydrogen (secondary N) is 2. The first-order valence-corrected chi connectivity index (χ1v) is 8.73. The van der Waals surface area contributed by atoms with Gasteiger partial charge in [0.05, 0.1) is 18.8 Å². The molecule has 1 unspecified atom stereocenters. The van der Waals surface area contributed by atoms with E-state index in [4.69, 9.17) is 4.99 Å². The van der Waals surface area contributed by atoms with E-state index in [2.05, 4.69) is 79.0 Å². The Kier molecular flexibility index (Phi) is 9.64. The molecule has 26 heavy (non-hydrogen) atoms. The first kappa shape index (κ1) is 22.4. The lowest BCUT2D eigenvalue weighted by molar-refractivity contribution is 0.298. The number of benzene rings is 1. The lowest BCUT2D eigenvalue weighted by Gasteiger charge is -2.24. The minimum atomic E-state index is 0. The normalized spacial score (nSPS) is 12.6. The zero-order chi connectivity index (χ0) is 18.2. The molecular weight excluding hydrogens is 439 g/mol. The fourth-order valence-electron chi connectivity index (χ4n) is 2.70. The average molecular weight is 470 g/mol. The zero-order valence-corrected chi connectivity index (χ0v) is 18.7. The van der Waals surface area contributed by atoms with Crippen molar-refractivity contribution in [2.45, 2.75) is 26.4 Å². The van der Waals surface area contributed by atoms with E-state index in [9.17, 15) is 0 Å². The molecule has 0 amide bonds. The molecule has 2 N–H and O–H groups in total. The van der Waals surface area contributed by atoms with E-state index in [1.54, 1.807) is 0 Å². The van der Waals surface area contributed by atoms with Gasteiger partial charge in [0.15, 0.2) is 5.96 Å². The minimum Gasteiger partial charge on any atom is -0.357 e. The highest BCUT2D eigenvalue weighted by Gasteiger charge is 2.16. The molecule has 0 spiro atoms. The van der Waals surface area contributed by atoms with Crippen molar-refractivity contribution in [3.8, 4) is 0 Å². The summed E-state index contributed by atoms with van der Waals surface area (Å²) in [7, 11) is 6.10. The molecule has 2 rings (SSSR count). The summed E-state index contributed by atoms with van der Waals surface area (Å²) in [6.07, 6.45) is 3.98. The quantitative estimate of drug-likeness (QED) is 0.371. The maximum atomic E-state index is 4.73.